The normalized spacial score (nSPS) is 10.4. The lowest BCUT2D eigenvalue weighted by Gasteiger charge is -2.14. The first kappa shape index (κ1) is 14.2. The number of carboxylic acid groups (broad SMARTS) is 1. The molecule has 2 N–H and O–H groups in total. The maximum absolute atomic E-state index is 13.4. The van der Waals surface area contributed by atoms with Crippen molar-refractivity contribution in [1.29, 1.82) is 0 Å². The molecule has 0 spiro atoms. The molecule has 1 amide bonds. The van der Waals surface area contributed by atoms with Crippen molar-refractivity contribution in [2.45, 2.75) is 26.7 Å². The molecular weight excluding hydrogens is 237 g/mol. The third-order valence-corrected chi connectivity index (χ3v) is 2.84. The van der Waals surface area contributed by atoms with Gasteiger partial charge in [-0.15, -0.1) is 0 Å². The van der Waals surface area contributed by atoms with Gasteiger partial charge in [0, 0.05) is 5.92 Å². The Kier molecular flexibility index (Phi) is 4.83. The minimum absolute atomic E-state index is 0.000556. The number of carboxylic acids is 1. The summed E-state index contributed by atoms with van der Waals surface area (Å²) in [6.45, 7) is 3.74. The molecule has 0 saturated carbocycles. The van der Waals surface area contributed by atoms with Crippen LogP contribution in [0.1, 0.15) is 37.0 Å². The summed E-state index contributed by atoms with van der Waals surface area (Å²) >= 11 is 0. The van der Waals surface area contributed by atoms with E-state index in [1.807, 2.05) is 13.8 Å². The maximum atomic E-state index is 13.4. The van der Waals surface area contributed by atoms with Crippen LogP contribution < -0.4 is 5.32 Å². The molecule has 1 aromatic carbocycles. The van der Waals surface area contributed by atoms with Crippen LogP contribution in [0, 0.1) is 11.7 Å². The first-order valence-corrected chi connectivity index (χ1v) is 5.83. The molecule has 18 heavy (non-hydrogen) atoms. The van der Waals surface area contributed by atoms with Gasteiger partial charge >= 0.3 is 5.97 Å². The summed E-state index contributed by atoms with van der Waals surface area (Å²) in [7, 11) is 0. The lowest BCUT2D eigenvalue weighted by Crippen LogP contribution is -2.23. The highest BCUT2D eigenvalue weighted by atomic mass is 19.1. The SMILES string of the molecule is CCC(CC)C(=O)Nc1cccc(F)c1C(=O)O. The monoisotopic (exact) mass is 253 g/mol. The second-order valence-corrected chi connectivity index (χ2v) is 3.97. The van der Waals surface area contributed by atoms with Gasteiger partial charge < -0.3 is 10.4 Å². The quantitative estimate of drug-likeness (QED) is 0.847. The van der Waals surface area contributed by atoms with E-state index in [9.17, 15) is 14.0 Å². The van der Waals surface area contributed by atoms with Crippen LogP contribution in [0.5, 0.6) is 0 Å². The van der Waals surface area contributed by atoms with Crippen molar-refractivity contribution in [2.75, 3.05) is 5.32 Å². The van der Waals surface area contributed by atoms with Gasteiger partial charge in [-0.2, -0.15) is 0 Å². The Morgan fingerprint density at radius 1 is 1.33 bits per heavy atom. The first-order valence-electron chi connectivity index (χ1n) is 5.83. The summed E-state index contributed by atoms with van der Waals surface area (Å²) < 4.78 is 13.4. The van der Waals surface area contributed by atoms with Crippen LogP contribution in [0.15, 0.2) is 18.2 Å². The van der Waals surface area contributed by atoms with E-state index in [4.69, 9.17) is 5.11 Å². The van der Waals surface area contributed by atoms with Gasteiger partial charge in [-0.1, -0.05) is 19.9 Å². The molecule has 1 aromatic rings. The average molecular weight is 253 g/mol. The van der Waals surface area contributed by atoms with E-state index in [0.717, 1.165) is 6.07 Å². The molecule has 1 rings (SSSR count). The third-order valence-electron chi connectivity index (χ3n) is 2.84. The fourth-order valence-electron chi connectivity index (χ4n) is 1.74. The van der Waals surface area contributed by atoms with Gasteiger partial charge in [0.05, 0.1) is 5.69 Å². The fraction of sp³-hybridized carbons (Fsp3) is 0.385. The van der Waals surface area contributed by atoms with Crippen molar-refractivity contribution in [1.82, 2.24) is 0 Å². The fourth-order valence-corrected chi connectivity index (χ4v) is 1.74. The molecule has 0 aliphatic carbocycles. The Labute approximate surface area is 105 Å². The van der Waals surface area contributed by atoms with Crippen molar-refractivity contribution >= 4 is 17.6 Å². The Morgan fingerprint density at radius 2 is 1.94 bits per heavy atom. The molecule has 0 atom stereocenters. The molecule has 0 aliphatic heterocycles. The number of hydrogen-bond donors (Lipinski definition) is 2. The van der Waals surface area contributed by atoms with Crippen molar-refractivity contribution in [2.24, 2.45) is 5.92 Å². The Morgan fingerprint density at radius 3 is 2.44 bits per heavy atom. The summed E-state index contributed by atoms with van der Waals surface area (Å²) in [4.78, 5) is 22.8. The summed E-state index contributed by atoms with van der Waals surface area (Å²) in [5.74, 6) is -2.74. The van der Waals surface area contributed by atoms with E-state index in [1.165, 1.54) is 12.1 Å². The highest BCUT2D eigenvalue weighted by Crippen LogP contribution is 2.20. The van der Waals surface area contributed by atoms with Crippen LogP contribution in [0.3, 0.4) is 0 Å². The molecule has 0 unspecified atom stereocenters. The van der Waals surface area contributed by atoms with E-state index in [-0.39, 0.29) is 17.5 Å². The molecule has 0 saturated heterocycles. The summed E-state index contributed by atoms with van der Waals surface area (Å²) in [5, 5.41) is 11.4. The molecular formula is C13H16FNO3. The standard InChI is InChI=1S/C13H16FNO3/c1-3-8(4-2)12(16)15-10-7-5-6-9(14)11(10)13(17)18/h5-8H,3-4H2,1-2H3,(H,15,16)(H,17,18). The van der Waals surface area contributed by atoms with Gasteiger partial charge in [-0.05, 0) is 25.0 Å². The van der Waals surface area contributed by atoms with E-state index >= 15 is 0 Å². The number of anilines is 1. The van der Waals surface area contributed by atoms with E-state index in [1.54, 1.807) is 0 Å². The highest BCUT2D eigenvalue weighted by molar-refractivity contribution is 6.01. The van der Waals surface area contributed by atoms with Gasteiger partial charge in [0.1, 0.15) is 11.4 Å². The largest absolute Gasteiger partial charge is 0.478 e. The zero-order valence-corrected chi connectivity index (χ0v) is 10.4. The number of carbonyl (C=O) groups is 2. The maximum Gasteiger partial charge on any atom is 0.340 e. The predicted molar refractivity (Wildman–Crippen MR) is 66.1 cm³/mol. The number of benzene rings is 1. The highest BCUT2D eigenvalue weighted by Gasteiger charge is 2.20. The second-order valence-electron chi connectivity index (χ2n) is 3.97. The lowest BCUT2D eigenvalue weighted by atomic mass is 10.0. The van der Waals surface area contributed by atoms with Crippen LogP contribution in [-0.2, 0) is 4.79 Å². The number of nitrogens with one attached hydrogen (secondary N) is 1. The minimum atomic E-state index is -1.40. The van der Waals surface area contributed by atoms with Gasteiger partial charge in [0.25, 0.3) is 0 Å². The zero-order chi connectivity index (χ0) is 13.7. The molecule has 0 fully saturated rings. The summed E-state index contributed by atoms with van der Waals surface area (Å²) in [5.41, 5.74) is -0.504. The number of aromatic carboxylic acids is 1. The predicted octanol–water partition coefficient (Wildman–Crippen LogP) is 2.90. The lowest BCUT2D eigenvalue weighted by molar-refractivity contribution is -0.120. The van der Waals surface area contributed by atoms with Crippen molar-refractivity contribution in [3.63, 3.8) is 0 Å². The first-order chi connectivity index (χ1) is 8.51. The van der Waals surface area contributed by atoms with Crippen LogP contribution >= 0.6 is 0 Å². The van der Waals surface area contributed by atoms with Gasteiger partial charge in [-0.25, -0.2) is 9.18 Å². The van der Waals surface area contributed by atoms with E-state index in [0.29, 0.717) is 12.8 Å². The number of carbonyl (C=O) groups excluding carboxylic acids is 1. The Balaban J connectivity index is 3.01. The van der Waals surface area contributed by atoms with Crippen molar-refractivity contribution < 1.29 is 19.1 Å². The second kappa shape index (κ2) is 6.14. The average Bonchev–Trinajstić information content (AvgIpc) is 2.30. The number of hydrogen-bond acceptors (Lipinski definition) is 2. The number of amides is 1. The minimum Gasteiger partial charge on any atom is -0.478 e. The number of halogens is 1. The van der Waals surface area contributed by atoms with Gasteiger partial charge in [-0.3, -0.25) is 4.79 Å². The molecule has 0 heterocycles. The van der Waals surface area contributed by atoms with Crippen LogP contribution in [-0.4, -0.2) is 17.0 Å². The number of rotatable bonds is 5. The van der Waals surface area contributed by atoms with E-state index in [2.05, 4.69) is 5.32 Å². The molecule has 98 valence electrons. The molecule has 0 radical (unpaired) electrons. The third kappa shape index (κ3) is 3.06. The molecule has 5 heteroatoms. The summed E-state index contributed by atoms with van der Waals surface area (Å²) in [6.07, 6.45) is 1.31. The van der Waals surface area contributed by atoms with E-state index < -0.39 is 17.3 Å². The van der Waals surface area contributed by atoms with Crippen molar-refractivity contribution in [3.8, 4) is 0 Å². The zero-order valence-electron chi connectivity index (χ0n) is 10.4. The van der Waals surface area contributed by atoms with Crippen LogP contribution in [0.2, 0.25) is 0 Å². The van der Waals surface area contributed by atoms with Crippen molar-refractivity contribution in [3.05, 3.63) is 29.6 Å². The topological polar surface area (TPSA) is 66.4 Å². The van der Waals surface area contributed by atoms with Crippen LogP contribution in [0.25, 0.3) is 0 Å². The molecule has 0 bridgehead atoms. The molecule has 4 nitrogen and oxygen atoms in total. The Hall–Kier alpha value is -1.91. The van der Waals surface area contributed by atoms with Gasteiger partial charge in [0.2, 0.25) is 5.91 Å². The Bertz CT molecular complexity index is 456. The smallest absolute Gasteiger partial charge is 0.340 e. The summed E-state index contributed by atoms with van der Waals surface area (Å²) in [6, 6.07) is 3.80. The molecule has 0 aliphatic rings. The van der Waals surface area contributed by atoms with Crippen LogP contribution in [0.4, 0.5) is 10.1 Å². The van der Waals surface area contributed by atoms with Gasteiger partial charge in [0.15, 0.2) is 0 Å². The molecule has 0 aromatic heterocycles.